The second-order valence-electron chi connectivity index (χ2n) is 6.17. The molecule has 1 aliphatic heterocycles. The van der Waals surface area contributed by atoms with E-state index in [1.54, 1.807) is 7.11 Å². The third kappa shape index (κ3) is 2.99. The SMILES string of the molecule is COc1cccc(C2CC(NCC3CCOC3C)C2)c1. The third-order valence-corrected chi connectivity index (χ3v) is 4.91. The normalized spacial score (nSPS) is 32.9. The molecule has 0 bridgehead atoms. The minimum atomic E-state index is 0.428. The Morgan fingerprint density at radius 3 is 2.90 bits per heavy atom. The molecule has 1 heterocycles. The summed E-state index contributed by atoms with van der Waals surface area (Å²) in [7, 11) is 1.73. The molecule has 3 rings (SSSR count). The number of benzene rings is 1. The number of nitrogens with one attached hydrogen (secondary N) is 1. The van der Waals surface area contributed by atoms with Crippen molar-refractivity contribution in [2.45, 2.75) is 44.2 Å². The fourth-order valence-corrected chi connectivity index (χ4v) is 3.31. The molecular formula is C17H25NO2. The third-order valence-electron chi connectivity index (χ3n) is 4.91. The van der Waals surface area contributed by atoms with Crippen molar-refractivity contribution in [3.8, 4) is 5.75 Å². The summed E-state index contributed by atoms with van der Waals surface area (Å²) in [5.41, 5.74) is 1.42. The Morgan fingerprint density at radius 2 is 2.20 bits per heavy atom. The highest BCUT2D eigenvalue weighted by Crippen LogP contribution is 2.38. The number of rotatable bonds is 5. The zero-order chi connectivity index (χ0) is 13.9. The van der Waals surface area contributed by atoms with Gasteiger partial charge in [-0.25, -0.2) is 0 Å². The summed E-state index contributed by atoms with van der Waals surface area (Å²) >= 11 is 0. The zero-order valence-corrected chi connectivity index (χ0v) is 12.5. The molecule has 0 amide bonds. The molecule has 110 valence electrons. The van der Waals surface area contributed by atoms with Gasteiger partial charge < -0.3 is 14.8 Å². The fraction of sp³-hybridized carbons (Fsp3) is 0.647. The Balaban J connectivity index is 1.44. The minimum absolute atomic E-state index is 0.428. The van der Waals surface area contributed by atoms with Crippen molar-refractivity contribution in [2.24, 2.45) is 5.92 Å². The summed E-state index contributed by atoms with van der Waals surface area (Å²) in [6.45, 7) is 4.24. The van der Waals surface area contributed by atoms with Gasteiger partial charge in [0, 0.05) is 19.2 Å². The van der Waals surface area contributed by atoms with Gasteiger partial charge in [0.2, 0.25) is 0 Å². The van der Waals surface area contributed by atoms with Crippen LogP contribution in [0.4, 0.5) is 0 Å². The molecule has 1 aliphatic carbocycles. The maximum Gasteiger partial charge on any atom is 0.119 e. The number of methoxy groups -OCH3 is 1. The molecule has 0 spiro atoms. The van der Waals surface area contributed by atoms with E-state index in [1.807, 2.05) is 6.07 Å². The Labute approximate surface area is 121 Å². The summed E-state index contributed by atoms with van der Waals surface area (Å²) in [5.74, 6) is 2.36. The second kappa shape index (κ2) is 6.15. The average Bonchev–Trinajstić information content (AvgIpc) is 2.83. The molecule has 3 nitrogen and oxygen atoms in total. The van der Waals surface area contributed by atoms with Crippen molar-refractivity contribution in [3.63, 3.8) is 0 Å². The molecule has 3 heteroatoms. The fourth-order valence-electron chi connectivity index (χ4n) is 3.31. The molecular weight excluding hydrogens is 250 g/mol. The van der Waals surface area contributed by atoms with Crippen LogP contribution < -0.4 is 10.1 Å². The van der Waals surface area contributed by atoms with Gasteiger partial charge in [0.05, 0.1) is 13.2 Å². The van der Waals surface area contributed by atoms with Gasteiger partial charge in [-0.2, -0.15) is 0 Å². The van der Waals surface area contributed by atoms with Crippen molar-refractivity contribution >= 4 is 0 Å². The van der Waals surface area contributed by atoms with E-state index in [0.29, 0.717) is 24.0 Å². The first-order valence-electron chi connectivity index (χ1n) is 7.75. The van der Waals surface area contributed by atoms with E-state index >= 15 is 0 Å². The molecule has 2 aliphatic rings. The Kier molecular flexibility index (Phi) is 4.27. The van der Waals surface area contributed by atoms with E-state index in [1.165, 1.54) is 24.8 Å². The zero-order valence-electron chi connectivity index (χ0n) is 12.5. The van der Waals surface area contributed by atoms with Crippen LogP contribution in [0.15, 0.2) is 24.3 Å². The van der Waals surface area contributed by atoms with Crippen molar-refractivity contribution in [2.75, 3.05) is 20.3 Å². The molecule has 20 heavy (non-hydrogen) atoms. The lowest BCUT2D eigenvalue weighted by atomic mass is 9.75. The first kappa shape index (κ1) is 13.9. The lowest BCUT2D eigenvalue weighted by Crippen LogP contribution is -2.43. The number of hydrogen-bond donors (Lipinski definition) is 1. The van der Waals surface area contributed by atoms with Crippen LogP contribution in [0.3, 0.4) is 0 Å². The van der Waals surface area contributed by atoms with Crippen molar-refractivity contribution in [1.82, 2.24) is 5.32 Å². The summed E-state index contributed by atoms with van der Waals surface area (Å²) in [5, 5.41) is 3.71. The van der Waals surface area contributed by atoms with Gasteiger partial charge in [0.25, 0.3) is 0 Å². The Bertz CT molecular complexity index is 442. The smallest absolute Gasteiger partial charge is 0.119 e. The molecule has 0 radical (unpaired) electrons. The van der Waals surface area contributed by atoms with E-state index in [2.05, 4.69) is 30.4 Å². The van der Waals surface area contributed by atoms with E-state index in [4.69, 9.17) is 9.47 Å². The van der Waals surface area contributed by atoms with Gasteiger partial charge in [-0.1, -0.05) is 12.1 Å². The van der Waals surface area contributed by atoms with Crippen molar-refractivity contribution in [1.29, 1.82) is 0 Å². The molecule has 1 saturated carbocycles. The predicted molar refractivity (Wildman–Crippen MR) is 80.3 cm³/mol. The van der Waals surface area contributed by atoms with E-state index in [0.717, 1.165) is 18.9 Å². The number of hydrogen-bond acceptors (Lipinski definition) is 3. The summed E-state index contributed by atoms with van der Waals surface area (Å²) in [4.78, 5) is 0. The minimum Gasteiger partial charge on any atom is -0.497 e. The predicted octanol–water partition coefficient (Wildman–Crippen LogP) is 2.96. The van der Waals surface area contributed by atoms with Gasteiger partial charge in [0.15, 0.2) is 0 Å². The highest BCUT2D eigenvalue weighted by atomic mass is 16.5. The van der Waals surface area contributed by atoms with Crippen LogP contribution >= 0.6 is 0 Å². The van der Waals surface area contributed by atoms with E-state index in [9.17, 15) is 0 Å². The summed E-state index contributed by atoms with van der Waals surface area (Å²) < 4.78 is 10.9. The van der Waals surface area contributed by atoms with Gasteiger partial charge in [-0.3, -0.25) is 0 Å². The first-order valence-corrected chi connectivity index (χ1v) is 7.75. The molecule has 2 fully saturated rings. The molecule has 1 aromatic rings. The average molecular weight is 275 g/mol. The lowest BCUT2D eigenvalue weighted by Gasteiger charge is -2.37. The van der Waals surface area contributed by atoms with Crippen LogP contribution in [-0.2, 0) is 4.74 Å². The first-order chi connectivity index (χ1) is 9.76. The molecule has 1 N–H and O–H groups in total. The molecule has 1 saturated heterocycles. The summed E-state index contributed by atoms with van der Waals surface area (Å²) in [6, 6.07) is 9.18. The highest BCUT2D eigenvalue weighted by molar-refractivity contribution is 5.32. The van der Waals surface area contributed by atoms with Gasteiger partial charge in [-0.05, 0) is 55.7 Å². The number of ether oxygens (including phenoxy) is 2. The van der Waals surface area contributed by atoms with Crippen LogP contribution in [0.25, 0.3) is 0 Å². The van der Waals surface area contributed by atoms with Gasteiger partial charge in [-0.15, -0.1) is 0 Å². The summed E-state index contributed by atoms with van der Waals surface area (Å²) in [6.07, 6.45) is 4.13. The van der Waals surface area contributed by atoms with Crippen LogP contribution in [0, 0.1) is 5.92 Å². The van der Waals surface area contributed by atoms with E-state index in [-0.39, 0.29) is 0 Å². The maximum atomic E-state index is 5.61. The lowest BCUT2D eigenvalue weighted by molar-refractivity contribution is 0.103. The largest absolute Gasteiger partial charge is 0.497 e. The van der Waals surface area contributed by atoms with Crippen LogP contribution in [0.1, 0.15) is 37.7 Å². The second-order valence-corrected chi connectivity index (χ2v) is 6.17. The maximum absolute atomic E-state index is 5.61. The Hall–Kier alpha value is -1.06. The molecule has 1 aromatic carbocycles. The Morgan fingerprint density at radius 1 is 1.35 bits per heavy atom. The van der Waals surface area contributed by atoms with E-state index < -0.39 is 0 Å². The van der Waals surface area contributed by atoms with Gasteiger partial charge in [0.1, 0.15) is 5.75 Å². The molecule has 0 aromatic heterocycles. The topological polar surface area (TPSA) is 30.5 Å². The highest BCUT2D eigenvalue weighted by Gasteiger charge is 2.32. The van der Waals surface area contributed by atoms with Crippen LogP contribution in [0.5, 0.6) is 5.75 Å². The monoisotopic (exact) mass is 275 g/mol. The van der Waals surface area contributed by atoms with Crippen molar-refractivity contribution < 1.29 is 9.47 Å². The van der Waals surface area contributed by atoms with Crippen molar-refractivity contribution in [3.05, 3.63) is 29.8 Å². The van der Waals surface area contributed by atoms with Crippen LogP contribution in [0.2, 0.25) is 0 Å². The molecule has 2 unspecified atom stereocenters. The van der Waals surface area contributed by atoms with Gasteiger partial charge >= 0.3 is 0 Å². The molecule has 2 atom stereocenters. The quantitative estimate of drug-likeness (QED) is 0.896. The standard InChI is InChI=1S/C17H25NO2/c1-12-14(6-7-20-12)11-18-16-8-15(9-16)13-4-3-5-17(10-13)19-2/h3-5,10,12,14-16,18H,6-9,11H2,1-2H3. The van der Waals surface area contributed by atoms with Crippen LogP contribution in [-0.4, -0.2) is 32.4 Å².